The molecule has 0 spiro atoms. The molecule has 2 rings (SSSR count). The third kappa shape index (κ3) is 4.82. The first-order valence-electron chi connectivity index (χ1n) is 8.24. The second-order valence-electron chi connectivity index (χ2n) is 6.50. The quantitative estimate of drug-likeness (QED) is 0.879. The Morgan fingerprint density at radius 2 is 1.82 bits per heavy atom. The van der Waals surface area contributed by atoms with Crippen molar-refractivity contribution in [3.63, 3.8) is 0 Å². The van der Waals surface area contributed by atoms with E-state index >= 15 is 0 Å². The summed E-state index contributed by atoms with van der Waals surface area (Å²) in [5, 5.41) is 12.5. The number of aliphatic hydroxyl groups excluding tert-OH is 1. The molecule has 1 amide bonds. The van der Waals surface area contributed by atoms with Crippen molar-refractivity contribution in [3.05, 3.63) is 28.8 Å². The SMILES string of the molecule is Cc1cc(C)c(NC(=O)CCCN2CCC(O)CC2)c(C)c1. The summed E-state index contributed by atoms with van der Waals surface area (Å²) in [7, 11) is 0. The van der Waals surface area contributed by atoms with Gasteiger partial charge in [-0.25, -0.2) is 0 Å². The highest BCUT2D eigenvalue weighted by atomic mass is 16.3. The monoisotopic (exact) mass is 304 g/mol. The molecule has 0 bridgehead atoms. The van der Waals surface area contributed by atoms with Crippen LogP contribution in [0.3, 0.4) is 0 Å². The molecule has 1 fully saturated rings. The first-order chi connectivity index (χ1) is 10.5. The first-order valence-corrected chi connectivity index (χ1v) is 8.24. The van der Waals surface area contributed by atoms with E-state index in [9.17, 15) is 9.90 Å². The average molecular weight is 304 g/mol. The van der Waals surface area contributed by atoms with Gasteiger partial charge in [-0.2, -0.15) is 0 Å². The second kappa shape index (κ2) is 7.75. The predicted molar refractivity (Wildman–Crippen MR) is 90.2 cm³/mol. The molecule has 1 aromatic rings. The van der Waals surface area contributed by atoms with Gasteiger partial charge in [-0.3, -0.25) is 4.79 Å². The summed E-state index contributed by atoms with van der Waals surface area (Å²) in [5.74, 6) is 0.0899. The zero-order chi connectivity index (χ0) is 16.1. The number of carbonyl (C=O) groups excluding carboxylic acids is 1. The Morgan fingerprint density at radius 1 is 1.23 bits per heavy atom. The number of aliphatic hydroxyl groups is 1. The van der Waals surface area contributed by atoms with Crippen molar-refractivity contribution in [2.24, 2.45) is 0 Å². The minimum Gasteiger partial charge on any atom is -0.393 e. The topological polar surface area (TPSA) is 52.6 Å². The summed E-state index contributed by atoms with van der Waals surface area (Å²) < 4.78 is 0. The molecule has 1 saturated heterocycles. The van der Waals surface area contributed by atoms with Gasteiger partial charge in [0.05, 0.1) is 6.10 Å². The molecule has 22 heavy (non-hydrogen) atoms. The molecule has 1 aliphatic rings. The van der Waals surface area contributed by atoms with Crippen LogP contribution in [0.1, 0.15) is 42.4 Å². The van der Waals surface area contributed by atoms with Gasteiger partial charge in [0.2, 0.25) is 5.91 Å². The van der Waals surface area contributed by atoms with Crippen molar-refractivity contribution in [2.45, 2.75) is 52.6 Å². The van der Waals surface area contributed by atoms with E-state index in [0.29, 0.717) is 6.42 Å². The van der Waals surface area contributed by atoms with Crippen molar-refractivity contribution in [3.8, 4) is 0 Å². The molecule has 0 aromatic heterocycles. The lowest BCUT2D eigenvalue weighted by molar-refractivity contribution is -0.116. The van der Waals surface area contributed by atoms with Crippen LogP contribution in [0.25, 0.3) is 0 Å². The standard InChI is InChI=1S/C18H28N2O2/c1-13-11-14(2)18(15(3)12-13)19-17(22)5-4-8-20-9-6-16(21)7-10-20/h11-12,16,21H,4-10H2,1-3H3,(H,19,22). The number of nitrogens with zero attached hydrogens (tertiary/aromatic N) is 1. The number of likely N-dealkylation sites (tertiary alicyclic amines) is 1. The Balaban J connectivity index is 1.76. The number of aryl methyl sites for hydroxylation is 3. The Labute approximate surface area is 133 Å². The van der Waals surface area contributed by atoms with Crippen molar-refractivity contribution in [1.29, 1.82) is 0 Å². The summed E-state index contributed by atoms with van der Waals surface area (Å²) in [6.07, 6.45) is 2.99. The Hall–Kier alpha value is -1.39. The lowest BCUT2D eigenvalue weighted by Crippen LogP contribution is -2.36. The molecule has 1 aliphatic heterocycles. The number of piperidine rings is 1. The van der Waals surface area contributed by atoms with Crippen LogP contribution in [0.4, 0.5) is 5.69 Å². The molecule has 4 nitrogen and oxygen atoms in total. The second-order valence-corrected chi connectivity index (χ2v) is 6.50. The first kappa shape index (κ1) is 17.0. The van der Waals surface area contributed by atoms with E-state index in [4.69, 9.17) is 0 Å². The number of benzene rings is 1. The van der Waals surface area contributed by atoms with Crippen LogP contribution >= 0.6 is 0 Å². The van der Waals surface area contributed by atoms with Gasteiger partial charge in [0, 0.05) is 25.2 Å². The van der Waals surface area contributed by atoms with Crippen LogP contribution < -0.4 is 5.32 Å². The van der Waals surface area contributed by atoms with Crippen LogP contribution in [0.2, 0.25) is 0 Å². The van der Waals surface area contributed by atoms with Crippen molar-refractivity contribution in [2.75, 3.05) is 25.0 Å². The molecule has 0 aliphatic carbocycles. The fourth-order valence-corrected chi connectivity index (χ4v) is 3.19. The van der Waals surface area contributed by atoms with Crippen molar-refractivity contribution >= 4 is 11.6 Å². The number of amides is 1. The van der Waals surface area contributed by atoms with Gasteiger partial charge in [0.1, 0.15) is 0 Å². The molecule has 0 radical (unpaired) electrons. The van der Waals surface area contributed by atoms with Crippen LogP contribution in [0.15, 0.2) is 12.1 Å². The van der Waals surface area contributed by atoms with Crippen molar-refractivity contribution < 1.29 is 9.90 Å². The fraction of sp³-hybridized carbons (Fsp3) is 0.611. The molecular formula is C18H28N2O2. The largest absolute Gasteiger partial charge is 0.393 e. The lowest BCUT2D eigenvalue weighted by Gasteiger charge is -2.29. The van der Waals surface area contributed by atoms with E-state index in [0.717, 1.165) is 55.7 Å². The van der Waals surface area contributed by atoms with Gasteiger partial charge in [0.15, 0.2) is 0 Å². The zero-order valence-electron chi connectivity index (χ0n) is 14.0. The fourth-order valence-electron chi connectivity index (χ4n) is 3.19. The molecular weight excluding hydrogens is 276 g/mol. The summed E-state index contributed by atoms with van der Waals surface area (Å²) >= 11 is 0. The van der Waals surface area contributed by atoms with Crippen LogP contribution in [0, 0.1) is 20.8 Å². The third-order valence-corrected chi connectivity index (χ3v) is 4.38. The number of hydrogen-bond acceptors (Lipinski definition) is 3. The van der Waals surface area contributed by atoms with E-state index < -0.39 is 0 Å². The maximum Gasteiger partial charge on any atom is 0.224 e. The number of hydrogen-bond donors (Lipinski definition) is 2. The Kier molecular flexibility index (Phi) is 5.98. The van der Waals surface area contributed by atoms with Crippen molar-refractivity contribution in [1.82, 2.24) is 4.90 Å². The minimum atomic E-state index is -0.132. The van der Waals surface area contributed by atoms with E-state index in [1.54, 1.807) is 0 Å². The summed E-state index contributed by atoms with van der Waals surface area (Å²) in [5.41, 5.74) is 4.42. The van der Waals surface area contributed by atoms with E-state index in [2.05, 4.69) is 29.3 Å². The Morgan fingerprint density at radius 3 is 2.41 bits per heavy atom. The van der Waals surface area contributed by atoms with Crippen LogP contribution in [-0.2, 0) is 4.79 Å². The number of nitrogens with one attached hydrogen (secondary N) is 1. The molecule has 1 aromatic carbocycles. The molecule has 4 heteroatoms. The summed E-state index contributed by atoms with van der Waals surface area (Å²) in [4.78, 5) is 14.5. The average Bonchev–Trinajstić information content (AvgIpc) is 2.45. The molecule has 0 unspecified atom stereocenters. The lowest BCUT2D eigenvalue weighted by atomic mass is 10.0. The highest BCUT2D eigenvalue weighted by Crippen LogP contribution is 2.22. The maximum atomic E-state index is 12.1. The van der Waals surface area contributed by atoms with E-state index in [-0.39, 0.29) is 12.0 Å². The highest BCUT2D eigenvalue weighted by molar-refractivity contribution is 5.92. The van der Waals surface area contributed by atoms with Gasteiger partial charge in [-0.05, 0) is 57.7 Å². The van der Waals surface area contributed by atoms with Gasteiger partial charge in [0.25, 0.3) is 0 Å². The highest BCUT2D eigenvalue weighted by Gasteiger charge is 2.16. The van der Waals surface area contributed by atoms with Gasteiger partial charge < -0.3 is 15.3 Å². The number of anilines is 1. The van der Waals surface area contributed by atoms with E-state index in [1.165, 1.54) is 5.56 Å². The molecule has 0 saturated carbocycles. The van der Waals surface area contributed by atoms with E-state index in [1.807, 2.05) is 13.8 Å². The maximum absolute atomic E-state index is 12.1. The van der Waals surface area contributed by atoms with Gasteiger partial charge in [-0.15, -0.1) is 0 Å². The molecule has 2 N–H and O–H groups in total. The molecule has 0 atom stereocenters. The normalized spacial score (nSPS) is 16.7. The summed E-state index contributed by atoms with van der Waals surface area (Å²) in [6, 6.07) is 4.20. The number of carbonyl (C=O) groups is 1. The minimum absolute atomic E-state index is 0.0899. The Bertz CT molecular complexity index is 497. The van der Waals surface area contributed by atoms with Crippen LogP contribution in [-0.4, -0.2) is 41.7 Å². The predicted octanol–water partition coefficient (Wildman–Crippen LogP) is 2.79. The zero-order valence-corrected chi connectivity index (χ0v) is 14.0. The van der Waals surface area contributed by atoms with Gasteiger partial charge in [-0.1, -0.05) is 17.7 Å². The molecule has 122 valence electrons. The number of rotatable bonds is 5. The summed E-state index contributed by atoms with van der Waals surface area (Å²) in [6.45, 7) is 8.97. The third-order valence-electron chi connectivity index (χ3n) is 4.38. The smallest absolute Gasteiger partial charge is 0.224 e. The molecule has 1 heterocycles. The van der Waals surface area contributed by atoms with Crippen LogP contribution in [0.5, 0.6) is 0 Å². The van der Waals surface area contributed by atoms with Gasteiger partial charge >= 0.3 is 0 Å².